The quantitative estimate of drug-likeness (QED) is 0.720. The Bertz CT molecular complexity index is 253. The second kappa shape index (κ2) is 4.69. The summed E-state index contributed by atoms with van der Waals surface area (Å²) in [5.74, 6) is 0. The fraction of sp³-hybridized carbons (Fsp3) is 1.00. The van der Waals surface area contributed by atoms with Gasteiger partial charge in [-0.1, -0.05) is 0 Å². The van der Waals surface area contributed by atoms with E-state index in [1.54, 1.807) is 0 Å². The zero-order valence-corrected chi connectivity index (χ0v) is 14.7. The Morgan fingerprint density at radius 1 is 0.765 bits per heavy atom. The molecule has 1 aliphatic rings. The Morgan fingerprint density at radius 2 is 1.12 bits per heavy atom. The van der Waals surface area contributed by atoms with Gasteiger partial charge in [0.05, 0.1) is 0 Å². The highest BCUT2D eigenvalue weighted by Crippen LogP contribution is 2.70. The van der Waals surface area contributed by atoms with Crippen molar-refractivity contribution in [1.29, 1.82) is 0 Å². The van der Waals surface area contributed by atoms with Gasteiger partial charge < -0.3 is 0 Å². The summed E-state index contributed by atoms with van der Waals surface area (Å²) >= 11 is 0. The number of hydrogen-bond donors (Lipinski definition) is 1. The predicted octanol–water partition coefficient (Wildman–Crippen LogP) is 4.32. The Morgan fingerprint density at radius 3 is 1.35 bits per heavy atom. The lowest BCUT2D eigenvalue weighted by Crippen LogP contribution is -2.54. The number of hydrogen-bond acceptors (Lipinski definition) is 3. The minimum atomic E-state index is -0.360. The van der Waals surface area contributed by atoms with Crippen LogP contribution in [0.5, 0.6) is 0 Å². The molecule has 0 aromatic heterocycles. The number of rotatable bonds is 1. The minimum Gasteiger partial charge on any atom is -0.265 e. The largest absolute Gasteiger partial charge is 0.265 e. The van der Waals surface area contributed by atoms with Gasteiger partial charge in [-0.15, -0.1) is 0 Å². The standard InChI is InChI=1S/C12H29N3P2/c1-10(2,3)13-17-14(11(4,5)6)16-15(17)12(7,8)9/h13,16H,1-9H3. The van der Waals surface area contributed by atoms with E-state index in [1.165, 1.54) is 0 Å². The first-order valence-corrected chi connectivity index (χ1v) is 8.41. The smallest absolute Gasteiger partial charge is 0.128 e. The minimum absolute atomic E-state index is 0.170. The van der Waals surface area contributed by atoms with Crippen LogP contribution in [0.15, 0.2) is 0 Å². The molecule has 1 rings (SSSR count). The normalized spacial score (nSPS) is 26.3. The van der Waals surface area contributed by atoms with Crippen LogP contribution in [0.3, 0.4) is 0 Å². The average Bonchev–Trinajstić information content (AvgIpc) is 1.90. The SMILES string of the molecule is CC(C)(C)NP1N(C(C)(C)C)PN1C(C)(C)C. The van der Waals surface area contributed by atoms with Crippen LogP contribution in [0.1, 0.15) is 62.3 Å². The van der Waals surface area contributed by atoms with E-state index >= 15 is 0 Å². The van der Waals surface area contributed by atoms with Gasteiger partial charge in [-0.05, 0) is 62.3 Å². The molecule has 1 fully saturated rings. The van der Waals surface area contributed by atoms with Crippen molar-refractivity contribution in [2.45, 2.75) is 78.9 Å². The van der Waals surface area contributed by atoms with E-state index in [2.05, 4.69) is 76.3 Å². The second-order valence-electron chi connectivity index (χ2n) is 7.72. The average molecular weight is 277 g/mol. The molecule has 0 saturated carbocycles. The third-order valence-electron chi connectivity index (χ3n) is 2.27. The predicted molar refractivity (Wildman–Crippen MR) is 81.3 cm³/mol. The Hall–Kier alpha value is 0.740. The van der Waals surface area contributed by atoms with Gasteiger partial charge in [-0.25, -0.2) is 8.88 Å². The summed E-state index contributed by atoms with van der Waals surface area (Å²) in [5, 5.41) is 3.79. The molecule has 0 aliphatic carbocycles. The maximum absolute atomic E-state index is 3.79. The van der Waals surface area contributed by atoms with Crippen molar-refractivity contribution in [2.75, 3.05) is 0 Å². The zero-order valence-electron chi connectivity index (χ0n) is 12.8. The molecule has 17 heavy (non-hydrogen) atoms. The molecule has 1 N–H and O–H groups in total. The van der Waals surface area contributed by atoms with E-state index < -0.39 is 0 Å². The Kier molecular flexibility index (Phi) is 4.36. The molecule has 0 unspecified atom stereocenters. The van der Waals surface area contributed by atoms with Crippen LogP contribution in [0.25, 0.3) is 0 Å². The molecule has 1 heterocycles. The lowest BCUT2D eigenvalue weighted by Gasteiger charge is -2.60. The monoisotopic (exact) mass is 277 g/mol. The van der Waals surface area contributed by atoms with E-state index in [1.807, 2.05) is 0 Å². The summed E-state index contributed by atoms with van der Waals surface area (Å²) in [4.78, 5) is 0. The summed E-state index contributed by atoms with van der Waals surface area (Å²) in [6.07, 6.45) is 0. The summed E-state index contributed by atoms with van der Waals surface area (Å²) in [7, 11) is 0.445. The molecular weight excluding hydrogens is 248 g/mol. The molecule has 5 heteroatoms. The summed E-state index contributed by atoms with van der Waals surface area (Å²) < 4.78 is 5.22. The molecule has 0 amide bonds. The topological polar surface area (TPSA) is 18.5 Å². The molecule has 0 spiro atoms. The number of nitrogens with one attached hydrogen (secondary N) is 1. The van der Waals surface area contributed by atoms with Gasteiger partial charge in [0.15, 0.2) is 0 Å². The van der Waals surface area contributed by atoms with Crippen LogP contribution >= 0.6 is 17.3 Å². The van der Waals surface area contributed by atoms with Gasteiger partial charge in [0, 0.05) is 25.5 Å². The van der Waals surface area contributed by atoms with Crippen molar-refractivity contribution < 1.29 is 0 Å². The van der Waals surface area contributed by atoms with Gasteiger partial charge >= 0.3 is 0 Å². The molecule has 0 radical (unpaired) electrons. The van der Waals surface area contributed by atoms with Crippen LogP contribution in [-0.2, 0) is 0 Å². The highest BCUT2D eigenvalue weighted by atomic mass is 31.2. The van der Waals surface area contributed by atoms with Crippen LogP contribution in [0.2, 0.25) is 0 Å². The van der Waals surface area contributed by atoms with E-state index in [-0.39, 0.29) is 25.0 Å². The Labute approximate surface area is 111 Å². The molecule has 3 nitrogen and oxygen atoms in total. The van der Waals surface area contributed by atoms with E-state index in [9.17, 15) is 0 Å². The van der Waals surface area contributed by atoms with Crippen LogP contribution in [-0.4, -0.2) is 25.5 Å². The first-order valence-electron chi connectivity index (χ1n) is 6.27. The van der Waals surface area contributed by atoms with Gasteiger partial charge in [-0.2, -0.15) is 0 Å². The van der Waals surface area contributed by atoms with Crippen LogP contribution in [0.4, 0.5) is 0 Å². The summed E-state index contributed by atoms with van der Waals surface area (Å²) in [6.45, 7) is 20.6. The highest BCUT2D eigenvalue weighted by molar-refractivity contribution is 7.73. The highest BCUT2D eigenvalue weighted by Gasteiger charge is 2.49. The molecule has 1 aliphatic heterocycles. The van der Waals surface area contributed by atoms with Crippen molar-refractivity contribution >= 4 is 17.3 Å². The number of nitrogens with zero attached hydrogens (tertiary/aromatic N) is 2. The molecule has 0 bridgehead atoms. The third kappa shape index (κ3) is 4.11. The molecular formula is C12H29N3P2. The molecule has 1 saturated heterocycles. The molecule has 0 atom stereocenters. The van der Waals surface area contributed by atoms with E-state index in [4.69, 9.17) is 0 Å². The van der Waals surface area contributed by atoms with Gasteiger partial charge in [-0.3, -0.25) is 5.09 Å². The lowest BCUT2D eigenvalue weighted by molar-refractivity contribution is 0.280. The molecule has 102 valence electrons. The van der Waals surface area contributed by atoms with E-state index in [0.717, 1.165) is 8.88 Å². The van der Waals surface area contributed by atoms with Gasteiger partial charge in [0.2, 0.25) is 0 Å². The second-order valence-corrected chi connectivity index (χ2v) is 11.2. The van der Waals surface area contributed by atoms with Gasteiger partial charge in [0.1, 0.15) is 8.37 Å². The molecule has 0 aromatic carbocycles. The van der Waals surface area contributed by atoms with Crippen LogP contribution in [0, 0.1) is 0 Å². The first-order chi connectivity index (χ1) is 7.32. The van der Waals surface area contributed by atoms with Crippen molar-refractivity contribution in [2.24, 2.45) is 0 Å². The summed E-state index contributed by atoms with van der Waals surface area (Å²) in [6, 6.07) is 0. The van der Waals surface area contributed by atoms with Crippen molar-refractivity contribution in [3.8, 4) is 0 Å². The first kappa shape index (κ1) is 15.8. The fourth-order valence-corrected chi connectivity index (χ4v) is 5.86. The van der Waals surface area contributed by atoms with Crippen molar-refractivity contribution in [3.05, 3.63) is 0 Å². The maximum Gasteiger partial charge on any atom is 0.128 e. The zero-order chi connectivity index (χ0) is 13.6. The van der Waals surface area contributed by atoms with Crippen molar-refractivity contribution in [1.82, 2.24) is 14.0 Å². The summed E-state index contributed by atoms with van der Waals surface area (Å²) in [5.41, 5.74) is 0.678. The van der Waals surface area contributed by atoms with E-state index in [0.29, 0.717) is 0 Å². The lowest BCUT2D eigenvalue weighted by atomic mass is 10.1. The fourth-order valence-electron chi connectivity index (χ4n) is 1.49. The molecule has 0 aromatic rings. The van der Waals surface area contributed by atoms with Crippen molar-refractivity contribution in [3.63, 3.8) is 0 Å². The third-order valence-corrected chi connectivity index (χ3v) is 8.50. The maximum atomic E-state index is 3.79. The van der Waals surface area contributed by atoms with Gasteiger partial charge in [0.25, 0.3) is 0 Å². The van der Waals surface area contributed by atoms with Crippen LogP contribution < -0.4 is 5.09 Å². The Balaban J connectivity index is 2.81.